The zero-order valence-corrected chi connectivity index (χ0v) is 22.5. The average molecular weight is 563 g/mol. The van der Waals surface area contributed by atoms with Crippen LogP contribution in [-0.4, -0.2) is 81.3 Å². The number of hydrogen-bond acceptors (Lipinski definition) is 11. The number of nitrogens with one attached hydrogen (secondary N) is 2. The number of hydrogen-bond donors (Lipinski definition) is 4. The van der Waals surface area contributed by atoms with Crippen molar-refractivity contribution in [1.82, 2.24) is 15.2 Å². The first-order valence-electron chi connectivity index (χ1n) is 11.1. The normalized spacial score (nSPS) is 19.3. The Labute approximate surface area is 225 Å². The zero-order valence-electron chi connectivity index (χ0n) is 20.1. The molecule has 1 aromatic heterocycles. The number of nitrogens with two attached hydrogens (primary N) is 1. The maximum Gasteiger partial charge on any atom is 0.276 e. The average Bonchev–Trinajstić information content (AvgIpc) is 3.31. The fraction of sp³-hybridized carbons (Fsp3) is 0.348. The fourth-order valence-corrected chi connectivity index (χ4v) is 6.35. The summed E-state index contributed by atoms with van der Waals surface area (Å²) in [5.74, 6) is -0.0622. The number of oxime groups is 1. The van der Waals surface area contributed by atoms with Crippen molar-refractivity contribution in [2.45, 2.75) is 17.8 Å². The van der Waals surface area contributed by atoms with Crippen LogP contribution in [0.2, 0.25) is 0 Å². The summed E-state index contributed by atoms with van der Waals surface area (Å²) in [7, 11) is 1.31. The molecule has 11 nitrogen and oxygen atoms in total. The maximum absolute atomic E-state index is 13.1. The number of carbonyl (C=O) groups is 3. The van der Waals surface area contributed by atoms with E-state index in [0.29, 0.717) is 29.3 Å². The van der Waals surface area contributed by atoms with Gasteiger partial charge in [-0.2, -0.15) is 11.8 Å². The van der Waals surface area contributed by atoms with Crippen LogP contribution in [0.25, 0.3) is 0 Å². The monoisotopic (exact) mass is 562 g/mol. The number of nitrogen functional groups attached to an aromatic ring is 1. The van der Waals surface area contributed by atoms with Gasteiger partial charge in [0, 0.05) is 22.5 Å². The van der Waals surface area contributed by atoms with Crippen LogP contribution in [0.15, 0.2) is 46.1 Å². The lowest BCUT2D eigenvalue weighted by molar-refractivity contribution is -0.145. The van der Waals surface area contributed by atoms with E-state index < -0.39 is 11.9 Å². The Balaban J connectivity index is 1.46. The van der Waals surface area contributed by atoms with Gasteiger partial charge in [0.1, 0.15) is 24.2 Å². The van der Waals surface area contributed by atoms with Gasteiger partial charge in [-0.25, -0.2) is 4.98 Å². The van der Waals surface area contributed by atoms with Crippen molar-refractivity contribution in [3.8, 4) is 0 Å². The molecule has 0 aliphatic carbocycles. The molecule has 2 aromatic rings. The van der Waals surface area contributed by atoms with E-state index in [-0.39, 0.29) is 40.3 Å². The van der Waals surface area contributed by atoms with E-state index in [1.54, 1.807) is 5.38 Å². The number of benzene rings is 1. The van der Waals surface area contributed by atoms with E-state index >= 15 is 0 Å². The minimum atomic E-state index is -0.784. The second-order valence-electron chi connectivity index (χ2n) is 8.12. The van der Waals surface area contributed by atoms with E-state index in [1.165, 1.54) is 35.5 Å². The Morgan fingerprint density at radius 3 is 2.89 bits per heavy atom. The zero-order chi connectivity index (χ0) is 26.5. The highest BCUT2D eigenvalue weighted by Crippen LogP contribution is 2.41. The SMILES string of the molecule is CON=C(C(=O)NC1C(=O)N2C(CO)=C(Cc3cccc(NC(=O)CSC)c3)CSC12)c1csc(N)n1. The number of β-lactam (4-membered cyclic amide) rings is 1. The molecule has 0 spiro atoms. The summed E-state index contributed by atoms with van der Waals surface area (Å²) >= 11 is 4.11. The standard InChI is InChI=1S/C23H26N6O5S3/c1-34-28-18(15-10-37-23(24)26-15)20(32)27-19-21(33)29-16(8-30)13(9-36-22(19)29)6-12-4-3-5-14(7-12)25-17(31)11-35-2/h3-5,7,10,19,22,30H,6,8-9,11H2,1-2H3,(H2,24,26)(H,25,31)(H,27,32). The number of nitrogens with zero attached hydrogens (tertiary/aromatic N) is 3. The van der Waals surface area contributed by atoms with Crippen molar-refractivity contribution in [1.29, 1.82) is 0 Å². The molecule has 3 heterocycles. The summed E-state index contributed by atoms with van der Waals surface area (Å²) in [6, 6.07) is 6.72. The third kappa shape index (κ3) is 5.92. The molecule has 2 unspecified atom stereocenters. The third-order valence-corrected chi connectivity index (χ3v) is 8.24. The first-order valence-corrected chi connectivity index (χ1v) is 14.5. The van der Waals surface area contributed by atoms with Crippen LogP contribution < -0.4 is 16.4 Å². The third-order valence-electron chi connectivity index (χ3n) is 5.67. The Morgan fingerprint density at radius 2 is 2.22 bits per heavy atom. The minimum absolute atomic E-state index is 0.0767. The Kier molecular flexibility index (Phi) is 8.74. The summed E-state index contributed by atoms with van der Waals surface area (Å²) in [6.07, 6.45) is 2.38. The van der Waals surface area contributed by atoms with Gasteiger partial charge in [-0.15, -0.1) is 23.1 Å². The Morgan fingerprint density at radius 1 is 1.41 bits per heavy atom. The molecule has 0 saturated carbocycles. The van der Waals surface area contributed by atoms with Crippen molar-refractivity contribution < 1.29 is 24.3 Å². The van der Waals surface area contributed by atoms with Crippen LogP contribution in [-0.2, 0) is 25.6 Å². The molecular weight excluding hydrogens is 536 g/mol. The number of thioether (sulfide) groups is 2. The van der Waals surface area contributed by atoms with Gasteiger partial charge in [0.15, 0.2) is 10.8 Å². The molecule has 1 aromatic carbocycles. The topological polar surface area (TPSA) is 159 Å². The van der Waals surface area contributed by atoms with Crippen LogP contribution in [0, 0.1) is 0 Å². The molecule has 5 N–H and O–H groups in total. The van der Waals surface area contributed by atoms with E-state index in [4.69, 9.17) is 10.6 Å². The number of aliphatic hydroxyl groups excluding tert-OH is 1. The molecule has 4 rings (SSSR count). The number of thiazole rings is 1. The van der Waals surface area contributed by atoms with Crippen molar-refractivity contribution in [3.63, 3.8) is 0 Å². The Hall–Kier alpha value is -3.07. The van der Waals surface area contributed by atoms with E-state index in [0.717, 1.165) is 22.5 Å². The van der Waals surface area contributed by atoms with Crippen molar-refractivity contribution in [3.05, 3.63) is 52.2 Å². The molecule has 37 heavy (non-hydrogen) atoms. The number of aromatic nitrogens is 1. The van der Waals surface area contributed by atoms with Gasteiger partial charge in [0.25, 0.3) is 11.8 Å². The minimum Gasteiger partial charge on any atom is -0.398 e. The molecule has 196 valence electrons. The summed E-state index contributed by atoms with van der Waals surface area (Å²) in [5.41, 5.74) is 8.94. The molecule has 3 amide bonds. The molecular formula is C23H26N6O5S3. The largest absolute Gasteiger partial charge is 0.398 e. The summed E-state index contributed by atoms with van der Waals surface area (Å²) in [6.45, 7) is -0.308. The highest BCUT2D eigenvalue weighted by molar-refractivity contribution is 8.00. The molecule has 2 aliphatic rings. The molecule has 1 fully saturated rings. The van der Waals surface area contributed by atoms with E-state index in [2.05, 4.69) is 20.8 Å². The molecule has 0 radical (unpaired) electrons. The summed E-state index contributed by atoms with van der Waals surface area (Å²) in [5, 5.41) is 21.0. The lowest BCUT2D eigenvalue weighted by Crippen LogP contribution is -2.70. The lowest BCUT2D eigenvalue weighted by atomic mass is 9.99. The maximum atomic E-state index is 13.1. The lowest BCUT2D eigenvalue weighted by Gasteiger charge is -2.50. The number of fused-ring (bicyclic) bond motifs is 1. The highest BCUT2D eigenvalue weighted by Gasteiger charge is 2.52. The van der Waals surface area contributed by atoms with Gasteiger partial charge in [0.2, 0.25) is 5.91 Å². The number of amides is 3. The van der Waals surface area contributed by atoms with Crippen molar-refractivity contribution >= 4 is 69.1 Å². The second kappa shape index (κ2) is 12.0. The van der Waals surface area contributed by atoms with Crippen LogP contribution in [0.1, 0.15) is 11.3 Å². The molecule has 2 atom stereocenters. The smallest absolute Gasteiger partial charge is 0.276 e. The first kappa shape index (κ1) is 27.0. The second-order valence-corrected chi connectivity index (χ2v) is 11.0. The van der Waals surface area contributed by atoms with Crippen LogP contribution in [0.5, 0.6) is 0 Å². The van der Waals surface area contributed by atoms with Gasteiger partial charge in [-0.05, 0) is 35.9 Å². The van der Waals surface area contributed by atoms with Gasteiger partial charge in [-0.1, -0.05) is 17.3 Å². The van der Waals surface area contributed by atoms with Crippen LogP contribution in [0.4, 0.5) is 10.8 Å². The number of carbonyl (C=O) groups excluding carboxylic acids is 3. The summed E-state index contributed by atoms with van der Waals surface area (Å²) < 4.78 is 0. The van der Waals surface area contributed by atoms with Gasteiger partial charge in [-0.3, -0.25) is 19.3 Å². The molecule has 2 aliphatic heterocycles. The van der Waals surface area contributed by atoms with Gasteiger partial charge in [0.05, 0.1) is 12.4 Å². The van der Waals surface area contributed by atoms with Crippen LogP contribution >= 0.6 is 34.9 Å². The van der Waals surface area contributed by atoms with Crippen molar-refractivity contribution in [2.24, 2.45) is 5.16 Å². The molecule has 14 heteroatoms. The highest BCUT2D eigenvalue weighted by atomic mass is 32.2. The quantitative estimate of drug-likeness (QED) is 0.190. The number of rotatable bonds is 10. The van der Waals surface area contributed by atoms with E-state index in [1.807, 2.05) is 30.5 Å². The van der Waals surface area contributed by atoms with E-state index in [9.17, 15) is 19.5 Å². The van der Waals surface area contributed by atoms with Crippen molar-refractivity contribution in [2.75, 3.05) is 42.5 Å². The number of anilines is 2. The van der Waals surface area contributed by atoms with Gasteiger partial charge < -0.3 is 26.3 Å². The predicted octanol–water partition coefficient (Wildman–Crippen LogP) is 1.27. The molecule has 1 saturated heterocycles. The molecule has 0 bridgehead atoms. The first-order chi connectivity index (χ1) is 17.9. The predicted molar refractivity (Wildman–Crippen MR) is 146 cm³/mol. The fourth-order valence-electron chi connectivity index (χ4n) is 4.07. The van der Waals surface area contributed by atoms with Crippen LogP contribution in [0.3, 0.4) is 0 Å². The summed E-state index contributed by atoms with van der Waals surface area (Å²) in [4.78, 5) is 48.3. The Bertz CT molecular complexity index is 1260. The van der Waals surface area contributed by atoms with Gasteiger partial charge >= 0.3 is 0 Å². The number of aliphatic hydroxyl groups is 1.